The number of carbonyl (C=O) groups is 2. The van der Waals surface area contributed by atoms with Crippen molar-refractivity contribution >= 4 is 17.6 Å². The fourth-order valence-corrected chi connectivity index (χ4v) is 6.22. The predicted molar refractivity (Wildman–Crippen MR) is 160 cm³/mol. The number of aliphatic carboxylic acids is 1. The van der Waals surface area contributed by atoms with Crippen LogP contribution in [0.25, 0.3) is 0 Å². The molecular formula is C32H42N4O6. The van der Waals surface area contributed by atoms with Crippen LogP contribution in [0.2, 0.25) is 0 Å². The van der Waals surface area contributed by atoms with E-state index in [-0.39, 0.29) is 18.2 Å². The first kappa shape index (κ1) is 31.3. The van der Waals surface area contributed by atoms with Crippen LogP contribution in [0.1, 0.15) is 43.7 Å². The quantitative estimate of drug-likeness (QED) is 0.157. The molecule has 2 N–H and O–H groups in total. The van der Waals surface area contributed by atoms with Crippen molar-refractivity contribution in [1.29, 1.82) is 0 Å². The van der Waals surface area contributed by atoms with Gasteiger partial charge in [-0.05, 0) is 61.0 Å². The van der Waals surface area contributed by atoms with E-state index in [0.29, 0.717) is 30.0 Å². The summed E-state index contributed by atoms with van der Waals surface area (Å²) in [4.78, 5) is 39.1. The summed E-state index contributed by atoms with van der Waals surface area (Å²) >= 11 is 0. The smallest absolute Gasteiger partial charge is 0.330 e. The van der Waals surface area contributed by atoms with E-state index in [1.165, 1.54) is 23.8 Å². The third-order valence-electron chi connectivity index (χ3n) is 8.36. The number of hydrogen-bond acceptors (Lipinski definition) is 8. The van der Waals surface area contributed by atoms with Crippen LogP contribution in [-0.4, -0.2) is 83.1 Å². The summed E-state index contributed by atoms with van der Waals surface area (Å²) in [6, 6.07) is 16.3. The van der Waals surface area contributed by atoms with Crippen molar-refractivity contribution in [1.82, 2.24) is 15.1 Å². The largest absolute Gasteiger partial charge is 0.480 e. The van der Waals surface area contributed by atoms with Gasteiger partial charge in [0.05, 0.1) is 4.92 Å². The van der Waals surface area contributed by atoms with E-state index in [2.05, 4.69) is 39.4 Å². The molecule has 2 aliphatic rings. The molecule has 0 aromatic heterocycles. The number of non-ortho nitro benzene ring substituents is 1. The number of esters is 1. The molecule has 0 saturated carbocycles. The second-order valence-corrected chi connectivity index (χ2v) is 11.7. The molecule has 226 valence electrons. The van der Waals surface area contributed by atoms with Gasteiger partial charge in [0.1, 0.15) is 12.6 Å². The lowest BCUT2D eigenvalue weighted by Crippen LogP contribution is -2.45. The number of piperidine rings is 1. The van der Waals surface area contributed by atoms with Crippen molar-refractivity contribution in [3.63, 3.8) is 0 Å². The van der Waals surface area contributed by atoms with Crippen LogP contribution in [0.3, 0.4) is 0 Å². The Morgan fingerprint density at radius 1 is 1.10 bits per heavy atom. The van der Waals surface area contributed by atoms with Crippen molar-refractivity contribution in [2.75, 3.05) is 39.3 Å². The lowest BCUT2D eigenvalue weighted by atomic mass is 9.88. The number of likely N-dealkylation sites (tertiary alicyclic amines) is 2. The molecule has 0 aliphatic carbocycles. The summed E-state index contributed by atoms with van der Waals surface area (Å²) < 4.78 is 5.22. The molecule has 0 radical (unpaired) electrons. The van der Waals surface area contributed by atoms with Crippen LogP contribution in [0, 0.1) is 22.0 Å². The molecule has 2 aromatic carbocycles. The fourth-order valence-electron chi connectivity index (χ4n) is 6.22. The molecule has 2 heterocycles. The summed E-state index contributed by atoms with van der Waals surface area (Å²) in [5, 5.41) is 24.1. The minimum absolute atomic E-state index is 0.000965. The predicted octanol–water partition coefficient (Wildman–Crippen LogP) is 4.07. The summed E-state index contributed by atoms with van der Waals surface area (Å²) in [5.41, 5.74) is 1.97. The second-order valence-electron chi connectivity index (χ2n) is 11.7. The summed E-state index contributed by atoms with van der Waals surface area (Å²) in [7, 11) is 0. The first-order valence-electron chi connectivity index (χ1n) is 14.8. The SMILES string of the molecule is CC(C)[C@H](C(=O)O)N1C[C@H](CN2CCC(NCC=CC(=O)OCc3ccc([N+](=O)[O-])cc3)CC2)[C@@H](c2ccccc2)C1. The Morgan fingerprint density at radius 2 is 1.79 bits per heavy atom. The molecule has 0 spiro atoms. The lowest BCUT2D eigenvalue weighted by molar-refractivity contribution is -0.384. The molecule has 4 rings (SSSR count). The minimum Gasteiger partial charge on any atom is -0.480 e. The number of carboxylic acids is 1. The molecular weight excluding hydrogens is 536 g/mol. The topological polar surface area (TPSA) is 125 Å². The Hall–Kier alpha value is -3.60. The Balaban J connectivity index is 1.20. The molecule has 2 aromatic rings. The number of carbonyl (C=O) groups excluding carboxylic acids is 1. The number of rotatable bonds is 13. The highest BCUT2D eigenvalue weighted by Crippen LogP contribution is 2.36. The van der Waals surface area contributed by atoms with E-state index >= 15 is 0 Å². The average molecular weight is 579 g/mol. The maximum atomic E-state index is 12.1. The Labute approximate surface area is 247 Å². The number of benzene rings is 2. The third kappa shape index (κ3) is 8.70. The molecule has 10 nitrogen and oxygen atoms in total. The molecule has 0 bridgehead atoms. The van der Waals surface area contributed by atoms with Crippen LogP contribution in [0.4, 0.5) is 5.69 Å². The zero-order chi connectivity index (χ0) is 30.1. The maximum absolute atomic E-state index is 12.1. The highest BCUT2D eigenvalue weighted by Gasteiger charge is 2.41. The number of ether oxygens (including phenoxy) is 1. The Bertz CT molecular complexity index is 1210. The molecule has 2 fully saturated rings. The Morgan fingerprint density at radius 3 is 2.40 bits per heavy atom. The normalized spacial score (nSPS) is 21.1. The number of hydrogen-bond donors (Lipinski definition) is 2. The van der Waals surface area contributed by atoms with Gasteiger partial charge < -0.3 is 20.1 Å². The summed E-state index contributed by atoms with van der Waals surface area (Å²) in [6.45, 7) is 9.06. The third-order valence-corrected chi connectivity index (χ3v) is 8.36. The van der Waals surface area contributed by atoms with Crippen molar-refractivity contribution in [3.05, 3.63) is 88.0 Å². The Kier molecular flexibility index (Phi) is 11.2. The fraction of sp³-hybridized carbons (Fsp3) is 0.500. The molecule has 2 saturated heterocycles. The molecule has 0 unspecified atom stereocenters. The van der Waals surface area contributed by atoms with Gasteiger partial charge >= 0.3 is 11.9 Å². The first-order chi connectivity index (χ1) is 20.2. The monoisotopic (exact) mass is 578 g/mol. The average Bonchev–Trinajstić information content (AvgIpc) is 3.38. The van der Waals surface area contributed by atoms with Crippen LogP contribution < -0.4 is 5.32 Å². The highest BCUT2D eigenvalue weighted by molar-refractivity contribution is 5.81. The zero-order valence-corrected chi connectivity index (χ0v) is 24.4. The summed E-state index contributed by atoms with van der Waals surface area (Å²) in [5.74, 6) is -0.460. The number of nitro benzene ring substituents is 1. The van der Waals surface area contributed by atoms with E-state index in [4.69, 9.17) is 4.74 Å². The van der Waals surface area contributed by atoms with Gasteiger partial charge in [-0.25, -0.2) is 4.79 Å². The van der Waals surface area contributed by atoms with Crippen LogP contribution in [-0.2, 0) is 20.9 Å². The van der Waals surface area contributed by atoms with Crippen molar-refractivity contribution in [2.45, 2.75) is 51.3 Å². The number of nitrogens with one attached hydrogen (secondary N) is 1. The standard InChI is InChI=1S/C32H42N4O6/c1-23(2)31(32(38)39)35-20-26(29(21-35)25-7-4-3-5-8-25)19-34-17-14-27(15-18-34)33-16-6-9-30(37)42-22-24-10-12-28(13-11-24)36(40)41/h3-13,23,26-27,29,31,33H,14-22H2,1-2H3,(H,38,39)/t26-,29+,31+/m0/s1. The van der Waals surface area contributed by atoms with E-state index in [1.54, 1.807) is 18.2 Å². The van der Waals surface area contributed by atoms with Gasteiger partial charge in [-0.3, -0.25) is 19.8 Å². The van der Waals surface area contributed by atoms with Crippen molar-refractivity contribution in [2.24, 2.45) is 11.8 Å². The zero-order valence-electron chi connectivity index (χ0n) is 24.4. The minimum atomic E-state index is -0.740. The van der Waals surface area contributed by atoms with Crippen LogP contribution in [0.5, 0.6) is 0 Å². The summed E-state index contributed by atoms with van der Waals surface area (Å²) in [6.07, 6.45) is 5.18. The molecule has 10 heteroatoms. The van der Waals surface area contributed by atoms with E-state index in [9.17, 15) is 24.8 Å². The van der Waals surface area contributed by atoms with E-state index < -0.39 is 22.9 Å². The number of carboxylic acid groups (broad SMARTS) is 1. The van der Waals surface area contributed by atoms with Crippen LogP contribution in [0.15, 0.2) is 66.7 Å². The van der Waals surface area contributed by atoms with Gasteiger partial charge in [0.2, 0.25) is 0 Å². The van der Waals surface area contributed by atoms with Gasteiger partial charge in [-0.2, -0.15) is 0 Å². The van der Waals surface area contributed by atoms with Crippen LogP contribution >= 0.6 is 0 Å². The highest BCUT2D eigenvalue weighted by atomic mass is 16.6. The van der Waals surface area contributed by atoms with Gasteiger partial charge in [0.25, 0.3) is 5.69 Å². The van der Waals surface area contributed by atoms with E-state index in [1.807, 2.05) is 19.9 Å². The van der Waals surface area contributed by atoms with Gasteiger partial charge in [-0.15, -0.1) is 0 Å². The molecule has 0 amide bonds. The number of nitrogens with zero attached hydrogens (tertiary/aromatic N) is 3. The van der Waals surface area contributed by atoms with Crippen molar-refractivity contribution in [3.8, 4) is 0 Å². The number of nitro groups is 1. The molecule has 3 atom stereocenters. The second kappa shape index (κ2) is 15.0. The van der Waals surface area contributed by atoms with Crippen molar-refractivity contribution < 1.29 is 24.4 Å². The molecule has 2 aliphatic heterocycles. The molecule has 42 heavy (non-hydrogen) atoms. The van der Waals surface area contributed by atoms with Gasteiger partial charge in [0.15, 0.2) is 0 Å². The van der Waals surface area contributed by atoms with Gasteiger partial charge in [-0.1, -0.05) is 50.3 Å². The maximum Gasteiger partial charge on any atom is 0.330 e. The first-order valence-corrected chi connectivity index (χ1v) is 14.8. The lowest BCUT2D eigenvalue weighted by Gasteiger charge is -2.35. The van der Waals surface area contributed by atoms with E-state index in [0.717, 1.165) is 45.6 Å². The van der Waals surface area contributed by atoms with Gasteiger partial charge in [0, 0.05) is 56.3 Å².